The van der Waals surface area contributed by atoms with Crippen LogP contribution in [0.25, 0.3) is 0 Å². The van der Waals surface area contributed by atoms with E-state index in [-0.39, 0.29) is 11.9 Å². The summed E-state index contributed by atoms with van der Waals surface area (Å²) in [6.45, 7) is 7.61. The molecule has 0 aromatic carbocycles. The molecule has 1 saturated heterocycles. The first-order valence-corrected chi connectivity index (χ1v) is 6.76. The highest BCUT2D eigenvalue weighted by molar-refractivity contribution is 8.00. The molecule has 0 aromatic heterocycles. The van der Waals surface area contributed by atoms with Gasteiger partial charge in [0.2, 0.25) is 5.91 Å². The Labute approximate surface area is 102 Å². The Morgan fingerprint density at radius 1 is 1.62 bits per heavy atom. The van der Waals surface area contributed by atoms with Gasteiger partial charge in [0.1, 0.15) is 0 Å². The predicted octanol–water partition coefficient (Wildman–Crippen LogP) is 0.750. The summed E-state index contributed by atoms with van der Waals surface area (Å²) in [4.78, 5) is 11.4. The molecule has 1 heterocycles. The van der Waals surface area contributed by atoms with E-state index < -0.39 is 5.54 Å². The van der Waals surface area contributed by atoms with E-state index in [9.17, 15) is 4.79 Å². The smallest absolute Gasteiger partial charge is 0.237 e. The second-order valence-electron chi connectivity index (χ2n) is 4.78. The van der Waals surface area contributed by atoms with E-state index in [0.717, 1.165) is 25.4 Å². The standard InChI is InChI=1S/C11H22N2O2S/c1-8(2)13-11(3,10(12)14)4-5-16-9-6-15-7-9/h8-9,13H,4-7H2,1-3H3,(H2,12,14). The Hall–Kier alpha value is -0.260. The van der Waals surface area contributed by atoms with E-state index in [4.69, 9.17) is 10.5 Å². The lowest BCUT2D eigenvalue weighted by molar-refractivity contribution is -0.124. The number of amides is 1. The fraction of sp³-hybridized carbons (Fsp3) is 0.909. The second-order valence-corrected chi connectivity index (χ2v) is 6.18. The van der Waals surface area contributed by atoms with Crippen molar-refractivity contribution in [1.29, 1.82) is 0 Å². The number of carbonyl (C=O) groups excluding carboxylic acids is 1. The molecule has 0 saturated carbocycles. The second kappa shape index (κ2) is 5.89. The van der Waals surface area contributed by atoms with Crippen LogP contribution >= 0.6 is 11.8 Å². The first-order valence-electron chi connectivity index (χ1n) is 5.71. The molecule has 4 nitrogen and oxygen atoms in total. The Morgan fingerprint density at radius 2 is 2.25 bits per heavy atom. The number of nitrogens with one attached hydrogen (secondary N) is 1. The normalized spacial score (nSPS) is 20.5. The maximum atomic E-state index is 11.4. The summed E-state index contributed by atoms with van der Waals surface area (Å²) in [5.41, 5.74) is 4.86. The number of hydrogen-bond acceptors (Lipinski definition) is 4. The SMILES string of the molecule is CC(C)NC(C)(CCSC1COC1)C(N)=O. The highest BCUT2D eigenvalue weighted by atomic mass is 32.2. The van der Waals surface area contributed by atoms with Crippen molar-refractivity contribution in [3.05, 3.63) is 0 Å². The van der Waals surface area contributed by atoms with E-state index in [2.05, 4.69) is 5.32 Å². The van der Waals surface area contributed by atoms with Crippen LogP contribution in [0, 0.1) is 0 Å². The van der Waals surface area contributed by atoms with Crippen LogP contribution < -0.4 is 11.1 Å². The summed E-state index contributed by atoms with van der Waals surface area (Å²) in [6, 6.07) is 0.259. The molecule has 94 valence electrons. The first-order chi connectivity index (χ1) is 7.44. The molecule has 0 bridgehead atoms. The van der Waals surface area contributed by atoms with Crippen molar-refractivity contribution in [3.8, 4) is 0 Å². The first kappa shape index (κ1) is 13.8. The minimum absolute atomic E-state index is 0.259. The monoisotopic (exact) mass is 246 g/mol. The van der Waals surface area contributed by atoms with Gasteiger partial charge in [-0.1, -0.05) is 0 Å². The van der Waals surface area contributed by atoms with Gasteiger partial charge in [0.05, 0.1) is 24.0 Å². The van der Waals surface area contributed by atoms with Gasteiger partial charge in [0.25, 0.3) is 0 Å². The van der Waals surface area contributed by atoms with E-state index in [1.807, 2.05) is 32.5 Å². The van der Waals surface area contributed by atoms with E-state index in [1.165, 1.54) is 0 Å². The summed E-state index contributed by atoms with van der Waals surface area (Å²) in [5.74, 6) is 0.666. The average molecular weight is 246 g/mol. The molecule has 1 aliphatic heterocycles. The van der Waals surface area contributed by atoms with Crippen LogP contribution in [0.1, 0.15) is 27.2 Å². The molecule has 5 heteroatoms. The van der Waals surface area contributed by atoms with Crippen LogP contribution in [0.5, 0.6) is 0 Å². The third kappa shape index (κ3) is 3.96. The van der Waals surface area contributed by atoms with Crippen LogP contribution in [-0.4, -0.2) is 41.7 Å². The molecular weight excluding hydrogens is 224 g/mol. The molecular formula is C11H22N2O2S. The molecule has 3 N–H and O–H groups in total. The van der Waals surface area contributed by atoms with Gasteiger partial charge >= 0.3 is 0 Å². The van der Waals surface area contributed by atoms with E-state index >= 15 is 0 Å². The molecule has 0 radical (unpaired) electrons. The Morgan fingerprint density at radius 3 is 2.62 bits per heavy atom. The highest BCUT2D eigenvalue weighted by Crippen LogP contribution is 2.22. The van der Waals surface area contributed by atoms with Crippen molar-refractivity contribution < 1.29 is 9.53 Å². The third-order valence-electron chi connectivity index (χ3n) is 2.71. The van der Waals surface area contributed by atoms with Crippen molar-refractivity contribution >= 4 is 17.7 Å². The average Bonchev–Trinajstić information content (AvgIpc) is 2.08. The number of nitrogens with two attached hydrogens (primary N) is 1. The van der Waals surface area contributed by atoms with Crippen molar-refractivity contribution in [2.24, 2.45) is 5.73 Å². The fourth-order valence-corrected chi connectivity index (χ4v) is 2.89. The number of primary amides is 1. The van der Waals surface area contributed by atoms with Crippen LogP contribution in [0.15, 0.2) is 0 Å². The molecule has 1 unspecified atom stereocenters. The molecule has 1 amide bonds. The van der Waals surface area contributed by atoms with Gasteiger partial charge < -0.3 is 15.8 Å². The molecule has 0 aromatic rings. The van der Waals surface area contributed by atoms with Gasteiger partial charge in [-0.3, -0.25) is 4.79 Å². The lowest BCUT2D eigenvalue weighted by Crippen LogP contribution is -2.55. The largest absolute Gasteiger partial charge is 0.379 e. The Kier molecular flexibility index (Phi) is 5.08. The molecule has 1 fully saturated rings. The van der Waals surface area contributed by atoms with Crippen molar-refractivity contribution in [2.75, 3.05) is 19.0 Å². The van der Waals surface area contributed by atoms with Crippen LogP contribution in [0.3, 0.4) is 0 Å². The topological polar surface area (TPSA) is 64.3 Å². The van der Waals surface area contributed by atoms with Gasteiger partial charge in [-0.15, -0.1) is 0 Å². The maximum absolute atomic E-state index is 11.4. The number of thioether (sulfide) groups is 1. The van der Waals surface area contributed by atoms with Crippen molar-refractivity contribution in [2.45, 2.75) is 44.0 Å². The van der Waals surface area contributed by atoms with Gasteiger partial charge in [-0.05, 0) is 32.9 Å². The molecule has 16 heavy (non-hydrogen) atoms. The summed E-state index contributed by atoms with van der Waals surface area (Å²) >= 11 is 1.86. The minimum atomic E-state index is -0.591. The van der Waals surface area contributed by atoms with Gasteiger partial charge in [-0.2, -0.15) is 11.8 Å². The maximum Gasteiger partial charge on any atom is 0.237 e. The predicted molar refractivity (Wildman–Crippen MR) is 67.6 cm³/mol. The van der Waals surface area contributed by atoms with Crippen molar-refractivity contribution in [1.82, 2.24) is 5.32 Å². The molecule has 1 rings (SSSR count). The summed E-state index contributed by atoms with van der Waals surface area (Å²) < 4.78 is 5.10. The Balaban J connectivity index is 2.33. The zero-order valence-electron chi connectivity index (χ0n) is 10.3. The fourth-order valence-electron chi connectivity index (χ4n) is 1.64. The lowest BCUT2D eigenvalue weighted by atomic mass is 9.97. The van der Waals surface area contributed by atoms with Crippen LogP contribution in [0.2, 0.25) is 0 Å². The van der Waals surface area contributed by atoms with E-state index in [1.54, 1.807) is 0 Å². The molecule has 1 aliphatic rings. The molecule has 1 atom stereocenters. The lowest BCUT2D eigenvalue weighted by Gasteiger charge is -2.31. The summed E-state index contributed by atoms with van der Waals surface area (Å²) in [7, 11) is 0. The van der Waals surface area contributed by atoms with E-state index in [0.29, 0.717) is 5.25 Å². The zero-order chi connectivity index (χ0) is 12.2. The Bertz CT molecular complexity index is 244. The zero-order valence-corrected chi connectivity index (χ0v) is 11.1. The number of hydrogen-bond donors (Lipinski definition) is 2. The van der Waals surface area contributed by atoms with Crippen LogP contribution in [0.4, 0.5) is 0 Å². The third-order valence-corrected chi connectivity index (χ3v) is 3.90. The number of ether oxygens (including phenoxy) is 1. The number of carbonyl (C=O) groups is 1. The van der Waals surface area contributed by atoms with Gasteiger partial charge in [0.15, 0.2) is 0 Å². The summed E-state index contributed by atoms with van der Waals surface area (Å²) in [5, 5.41) is 3.85. The number of rotatable bonds is 7. The highest BCUT2D eigenvalue weighted by Gasteiger charge is 2.31. The van der Waals surface area contributed by atoms with Crippen molar-refractivity contribution in [3.63, 3.8) is 0 Å². The quantitative estimate of drug-likeness (QED) is 0.696. The minimum Gasteiger partial charge on any atom is -0.379 e. The van der Waals surface area contributed by atoms with Gasteiger partial charge in [-0.25, -0.2) is 0 Å². The molecule has 0 spiro atoms. The molecule has 0 aliphatic carbocycles. The van der Waals surface area contributed by atoms with Crippen LogP contribution in [-0.2, 0) is 9.53 Å². The van der Waals surface area contributed by atoms with Gasteiger partial charge in [0, 0.05) is 6.04 Å². The summed E-state index contributed by atoms with van der Waals surface area (Å²) in [6.07, 6.45) is 0.766.